The van der Waals surface area contributed by atoms with Crippen LogP contribution < -0.4 is 10.6 Å². The number of nitrogens with two attached hydrogens (primary N) is 1. The molecular weight excluding hydrogens is 291 g/mol. The molecule has 104 valence electrons. The Hall–Kier alpha value is -1.03. The molecule has 0 bridgehead atoms. The number of sulfone groups is 1. The maximum absolute atomic E-state index is 12.3. The molecule has 0 fully saturated rings. The molecule has 0 aromatic carbocycles. The Balaban J connectivity index is 3.20. The molecule has 0 aliphatic carbocycles. The molecule has 0 amide bonds. The van der Waals surface area contributed by atoms with Gasteiger partial charge >= 0.3 is 6.18 Å². The minimum atomic E-state index is -4.43. The van der Waals surface area contributed by atoms with Crippen LogP contribution in [0, 0.1) is 0 Å². The largest absolute Gasteiger partial charge is 0.405 e. The van der Waals surface area contributed by atoms with Crippen molar-refractivity contribution in [3.8, 4) is 0 Å². The maximum atomic E-state index is 12.3. The van der Waals surface area contributed by atoms with Gasteiger partial charge in [0.1, 0.15) is 16.4 Å². The third-order valence-electron chi connectivity index (χ3n) is 2.11. The van der Waals surface area contributed by atoms with E-state index in [1.807, 2.05) is 0 Å². The van der Waals surface area contributed by atoms with Crippen LogP contribution in [0.5, 0.6) is 0 Å². The van der Waals surface area contributed by atoms with Crippen LogP contribution in [-0.4, -0.2) is 38.3 Å². The summed E-state index contributed by atoms with van der Waals surface area (Å²) in [6.45, 7) is 0.126. The van der Waals surface area contributed by atoms with Gasteiger partial charge in [0.25, 0.3) is 0 Å². The van der Waals surface area contributed by atoms with Crippen molar-refractivity contribution < 1.29 is 21.6 Å². The molecule has 1 heterocycles. The van der Waals surface area contributed by atoms with Crippen molar-refractivity contribution in [1.29, 1.82) is 0 Å². The van der Waals surface area contributed by atoms with Gasteiger partial charge in [-0.05, 0) is 11.5 Å². The summed E-state index contributed by atoms with van der Waals surface area (Å²) < 4.78 is 63.9. The van der Waals surface area contributed by atoms with Crippen molar-refractivity contribution in [3.05, 3.63) is 0 Å². The van der Waals surface area contributed by atoms with Crippen molar-refractivity contribution in [3.63, 3.8) is 0 Å². The molecule has 0 unspecified atom stereocenters. The Bertz CT molecular complexity index is 524. The van der Waals surface area contributed by atoms with E-state index in [2.05, 4.69) is 4.37 Å². The van der Waals surface area contributed by atoms with Crippen molar-refractivity contribution in [2.75, 3.05) is 30.0 Å². The quantitative estimate of drug-likeness (QED) is 0.912. The van der Waals surface area contributed by atoms with Crippen LogP contribution in [0.1, 0.15) is 6.92 Å². The summed E-state index contributed by atoms with van der Waals surface area (Å²) in [5.74, 6) is -0.506. The summed E-state index contributed by atoms with van der Waals surface area (Å²) in [5.41, 5.74) is 5.42. The van der Waals surface area contributed by atoms with Crippen molar-refractivity contribution in [2.45, 2.75) is 18.0 Å². The fraction of sp³-hybridized carbons (Fsp3) is 0.625. The number of anilines is 2. The molecule has 0 aliphatic rings. The topological polar surface area (TPSA) is 76.3 Å². The molecule has 0 saturated carbocycles. The lowest BCUT2D eigenvalue weighted by Crippen LogP contribution is -2.31. The molecule has 0 aliphatic heterocycles. The van der Waals surface area contributed by atoms with Crippen LogP contribution in [0.4, 0.5) is 24.0 Å². The van der Waals surface area contributed by atoms with Gasteiger partial charge in [-0.3, -0.25) is 0 Å². The highest BCUT2D eigenvalue weighted by Gasteiger charge is 2.33. The van der Waals surface area contributed by atoms with E-state index in [1.165, 1.54) is 6.92 Å². The van der Waals surface area contributed by atoms with E-state index in [4.69, 9.17) is 5.73 Å². The van der Waals surface area contributed by atoms with E-state index < -0.39 is 22.6 Å². The molecule has 1 rings (SSSR count). The second-order valence-electron chi connectivity index (χ2n) is 3.58. The second kappa shape index (κ2) is 4.92. The van der Waals surface area contributed by atoms with Gasteiger partial charge in [-0.25, -0.2) is 8.42 Å². The highest BCUT2D eigenvalue weighted by Crippen LogP contribution is 2.35. The molecule has 0 spiro atoms. The zero-order valence-corrected chi connectivity index (χ0v) is 11.3. The summed E-state index contributed by atoms with van der Waals surface area (Å²) >= 11 is 0.639. The summed E-state index contributed by atoms with van der Waals surface area (Å²) in [6, 6.07) is 0. The zero-order chi connectivity index (χ0) is 14.1. The number of hydrogen-bond donors (Lipinski definition) is 1. The van der Waals surface area contributed by atoms with Gasteiger partial charge in [-0.15, -0.1) is 0 Å². The number of nitrogens with zero attached hydrogens (tertiary/aromatic N) is 2. The fourth-order valence-corrected chi connectivity index (χ4v) is 3.60. The number of alkyl halides is 3. The van der Waals surface area contributed by atoms with Gasteiger partial charge in [0.2, 0.25) is 0 Å². The minimum absolute atomic E-state index is 0.0910. The monoisotopic (exact) mass is 303 g/mol. The first-order valence-electron chi connectivity index (χ1n) is 4.84. The van der Waals surface area contributed by atoms with Crippen LogP contribution in [0.3, 0.4) is 0 Å². The van der Waals surface area contributed by atoms with E-state index in [0.29, 0.717) is 11.5 Å². The first kappa shape index (κ1) is 15.0. The summed E-state index contributed by atoms with van der Waals surface area (Å²) in [7, 11) is -2.55. The third kappa shape index (κ3) is 3.25. The fourth-order valence-electron chi connectivity index (χ4n) is 1.31. The van der Waals surface area contributed by atoms with Gasteiger partial charge < -0.3 is 10.6 Å². The average molecular weight is 303 g/mol. The van der Waals surface area contributed by atoms with Crippen molar-refractivity contribution in [2.24, 2.45) is 0 Å². The lowest BCUT2D eigenvalue weighted by atomic mass is 10.5. The van der Waals surface area contributed by atoms with Crippen molar-refractivity contribution >= 4 is 32.2 Å². The van der Waals surface area contributed by atoms with Gasteiger partial charge in [-0.1, -0.05) is 6.92 Å². The maximum Gasteiger partial charge on any atom is 0.405 e. The Kier molecular flexibility index (Phi) is 4.11. The van der Waals surface area contributed by atoms with E-state index in [1.54, 1.807) is 0 Å². The Morgan fingerprint density at radius 2 is 2.00 bits per heavy atom. The zero-order valence-electron chi connectivity index (χ0n) is 9.65. The standard InChI is InChI=1S/C8H12F3N3O2S2/c1-3-18(15,16)5-6(12)13-17-7(5)14(2)4-8(9,10)11/h3-4H2,1-2H3,(H2,12,13). The van der Waals surface area contributed by atoms with Crippen LogP contribution in [0.25, 0.3) is 0 Å². The third-order valence-corrected chi connectivity index (χ3v) is 5.00. The van der Waals surface area contributed by atoms with Crippen LogP contribution in [0.2, 0.25) is 0 Å². The normalized spacial score (nSPS) is 12.7. The number of nitrogen functional groups attached to an aromatic ring is 1. The highest BCUT2D eigenvalue weighted by molar-refractivity contribution is 7.91. The molecule has 1 aromatic heterocycles. The minimum Gasteiger partial charge on any atom is -0.382 e. The highest BCUT2D eigenvalue weighted by atomic mass is 32.2. The Morgan fingerprint density at radius 1 is 1.44 bits per heavy atom. The first-order chi connectivity index (χ1) is 8.08. The Labute approximate surface area is 106 Å². The lowest BCUT2D eigenvalue weighted by molar-refractivity contribution is -0.119. The van der Waals surface area contributed by atoms with E-state index >= 15 is 0 Å². The average Bonchev–Trinajstić information content (AvgIpc) is 2.58. The molecule has 1 aromatic rings. The Morgan fingerprint density at radius 3 is 2.44 bits per heavy atom. The van der Waals surface area contributed by atoms with Crippen LogP contribution >= 0.6 is 11.5 Å². The summed E-state index contributed by atoms with van der Waals surface area (Å²) in [4.78, 5) is 0.470. The predicted octanol–water partition coefficient (Wildman–Crippen LogP) is 1.52. The number of hydrogen-bond acceptors (Lipinski definition) is 6. The smallest absolute Gasteiger partial charge is 0.382 e. The van der Waals surface area contributed by atoms with Gasteiger partial charge in [0, 0.05) is 7.05 Å². The van der Waals surface area contributed by atoms with E-state index in [0.717, 1.165) is 11.9 Å². The summed E-state index contributed by atoms with van der Waals surface area (Å²) in [6.07, 6.45) is -4.43. The molecule has 2 N–H and O–H groups in total. The first-order valence-corrected chi connectivity index (χ1v) is 7.27. The summed E-state index contributed by atoms with van der Waals surface area (Å²) in [5, 5.41) is -0.0910. The van der Waals surface area contributed by atoms with Gasteiger partial charge in [0.15, 0.2) is 15.7 Å². The van der Waals surface area contributed by atoms with Crippen LogP contribution in [0.15, 0.2) is 4.90 Å². The molecule has 10 heteroatoms. The molecule has 0 saturated heterocycles. The van der Waals surface area contributed by atoms with Gasteiger partial charge in [-0.2, -0.15) is 17.5 Å². The molecule has 5 nitrogen and oxygen atoms in total. The van der Waals surface area contributed by atoms with Crippen molar-refractivity contribution in [1.82, 2.24) is 4.37 Å². The van der Waals surface area contributed by atoms with Crippen LogP contribution in [-0.2, 0) is 9.84 Å². The number of rotatable bonds is 4. The molecule has 18 heavy (non-hydrogen) atoms. The SMILES string of the molecule is CCS(=O)(=O)c1c(N)nsc1N(C)CC(F)(F)F. The lowest BCUT2D eigenvalue weighted by Gasteiger charge is -2.19. The molecule has 0 radical (unpaired) electrons. The molecule has 0 atom stereocenters. The van der Waals surface area contributed by atoms with E-state index in [-0.39, 0.29) is 21.5 Å². The second-order valence-corrected chi connectivity index (χ2v) is 6.54. The van der Waals surface area contributed by atoms with Gasteiger partial charge in [0.05, 0.1) is 5.75 Å². The number of halogens is 3. The van der Waals surface area contributed by atoms with E-state index in [9.17, 15) is 21.6 Å². The predicted molar refractivity (Wildman–Crippen MR) is 63.6 cm³/mol. The molecular formula is C8H12F3N3O2S2. The number of aromatic nitrogens is 1.